The van der Waals surface area contributed by atoms with Gasteiger partial charge in [-0.2, -0.15) is 8.42 Å². The summed E-state index contributed by atoms with van der Waals surface area (Å²) >= 11 is 0. The molecule has 0 amide bonds. The summed E-state index contributed by atoms with van der Waals surface area (Å²) in [5, 5.41) is 34.3. The summed E-state index contributed by atoms with van der Waals surface area (Å²) in [5.41, 5.74) is -1.08. The molecule has 168 valence electrons. The first-order valence-corrected chi connectivity index (χ1v) is 10.7. The molecule has 0 saturated carbocycles. The molecule has 0 fully saturated rings. The Morgan fingerprint density at radius 1 is 0.788 bits per heavy atom. The topological polar surface area (TPSA) is 173 Å². The summed E-state index contributed by atoms with van der Waals surface area (Å²) in [6.07, 6.45) is -1.57. The van der Waals surface area contributed by atoms with Crippen molar-refractivity contribution in [2.75, 3.05) is 0 Å². The molecule has 0 saturated heterocycles. The highest BCUT2D eigenvalue weighted by Gasteiger charge is 2.41. The van der Waals surface area contributed by atoms with Gasteiger partial charge in [0.25, 0.3) is 27.2 Å². The van der Waals surface area contributed by atoms with Gasteiger partial charge >= 0.3 is 0 Å². The van der Waals surface area contributed by atoms with Crippen molar-refractivity contribution in [2.24, 2.45) is 0 Å². The molecule has 0 radical (unpaired) electrons. The van der Waals surface area contributed by atoms with Crippen LogP contribution in [0.5, 0.6) is 0 Å². The van der Waals surface area contributed by atoms with Crippen LogP contribution in [-0.4, -0.2) is 23.2 Å². The Labute approximate surface area is 185 Å². The molecule has 1 aliphatic rings. The normalized spacial score (nSPS) is 14.4. The number of nitro groups is 3. The lowest BCUT2D eigenvalue weighted by Crippen LogP contribution is -2.12. The van der Waals surface area contributed by atoms with Crippen molar-refractivity contribution in [1.82, 2.24) is 0 Å². The van der Waals surface area contributed by atoms with Gasteiger partial charge in [-0.15, -0.1) is 0 Å². The SMILES string of the molecule is Cc1ccc(S(=O)(=O)OC2c3cc([N+](=O)[O-])ccc3-c3c2cc([N+](=O)[O-])cc3[N+](=O)[O-])cc1. The molecule has 0 aliphatic heterocycles. The maximum Gasteiger partial charge on any atom is 0.297 e. The van der Waals surface area contributed by atoms with Crippen molar-refractivity contribution in [3.05, 3.63) is 102 Å². The zero-order chi connectivity index (χ0) is 24.1. The van der Waals surface area contributed by atoms with Crippen LogP contribution < -0.4 is 0 Å². The van der Waals surface area contributed by atoms with Gasteiger partial charge in [0, 0.05) is 29.3 Å². The van der Waals surface area contributed by atoms with E-state index in [1.54, 1.807) is 6.92 Å². The zero-order valence-electron chi connectivity index (χ0n) is 16.7. The van der Waals surface area contributed by atoms with Gasteiger partial charge in [-0.3, -0.25) is 34.5 Å². The fourth-order valence-corrected chi connectivity index (χ4v) is 4.69. The molecule has 0 N–H and O–H groups in total. The summed E-state index contributed by atoms with van der Waals surface area (Å²) in [4.78, 5) is 31.7. The Morgan fingerprint density at radius 3 is 1.97 bits per heavy atom. The van der Waals surface area contributed by atoms with Gasteiger partial charge in [0.05, 0.1) is 31.3 Å². The molecule has 1 atom stereocenters. The summed E-state index contributed by atoms with van der Waals surface area (Å²) in [6.45, 7) is 1.75. The highest BCUT2D eigenvalue weighted by Crippen LogP contribution is 2.52. The minimum atomic E-state index is -4.45. The van der Waals surface area contributed by atoms with E-state index in [0.717, 1.165) is 29.8 Å². The van der Waals surface area contributed by atoms with Crippen LogP contribution in [-0.2, 0) is 14.3 Å². The number of nitrogens with zero attached hydrogens (tertiary/aromatic N) is 3. The lowest BCUT2D eigenvalue weighted by atomic mass is 10.0. The summed E-state index contributed by atoms with van der Waals surface area (Å²) in [6, 6.07) is 10.8. The Bertz CT molecular complexity index is 1450. The van der Waals surface area contributed by atoms with E-state index in [4.69, 9.17) is 4.18 Å². The van der Waals surface area contributed by atoms with Crippen LogP contribution in [0, 0.1) is 37.3 Å². The third-order valence-corrected chi connectivity index (χ3v) is 6.45. The van der Waals surface area contributed by atoms with Gasteiger partial charge in [-0.1, -0.05) is 17.7 Å². The summed E-state index contributed by atoms with van der Waals surface area (Å²) < 4.78 is 31.3. The largest absolute Gasteiger partial charge is 0.297 e. The molecule has 4 rings (SSSR count). The van der Waals surface area contributed by atoms with E-state index >= 15 is 0 Å². The number of benzene rings is 3. The zero-order valence-corrected chi connectivity index (χ0v) is 17.5. The van der Waals surface area contributed by atoms with Crippen molar-refractivity contribution in [3.8, 4) is 11.1 Å². The number of rotatable bonds is 6. The molecule has 3 aromatic carbocycles. The van der Waals surface area contributed by atoms with Crippen LogP contribution in [0.2, 0.25) is 0 Å². The van der Waals surface area contributed by atoms with Gasteiger partial charge in [0.2, 0.25) is 0 Å². The minimum absolute atomic E-state index is 0.0292. The standard InChI is InChI=1S/C20H13N3O9S/c1-11-2-5-14(6-3-11)33(30,31)32-20-16-8-12(21(24)25)4-7-15(16)19-17(20)9-13(22(26)27)10-18(19)23(28)29/h2-10,20H,1H3. The predicted molar refractivity (Wildman–Crippen MR) is 113 cm³/mol. The first kappa shape index (κ1) is 22.0. The first-order valence-electron chi connectivity index (χ1n) is 9.25. The van der Waals surface area contributed by atoms with Crippen molar-refractivity contribution in [2.45, 2.75) is 17.9 Å². The average Bonchev–Trinajstić information content (AvgIpc) is 3.05. The van der Waals surface area contributed by atoms with E-state index in [0.29, 0.717) is 0 Å². The first-order chi connectivity index (χ1) is 15.5. The number of aryl methyl sites for hydroxylation is 1. The maximum absolute atomic E-state index is 13.0. The van der Waals surface area contributed by atoms with Crippen molar-refractivity contribution in [3.63, 3.8) is 0 Å². The lowest BCUT2D eigenvalue weighted by Gasteiger charge is -2.15. The molecule has 1 unspecified atom stereocenters. The number of nitro benzene ring substituents is 3. The van der Waals surface area contributed by atoms with Crippen LogP contribution in [0.1, 0.15) is 22.8 Å². The molecule has 0 heterocycles. The third-order valence-electron chi connectivity index (χ3n) is 5.15. The Hall–Kier alpha value is -4.23. The van der Waals surface area contributed by atoms with Crippen LogP contribution in [0.4, 0.5) is 17.1 Å². The molecule has 0 spiro atoms. The van der Waals surface area contributed by atoms with E-state index in [9.17, 15) is 38.8 Å². The molecule has 12 nitrogen and oxygen atoms in total. The number of fused-ring (bicyclic) bond motifs is 3. The molecule has 3 aromatic rings. The summed E-state index contributed by atoms with van der Waals surface area (Å²) in [7, 11) is -4.45. The number of hydrogen-bond donors (Lipinski definition) is 0. The molecular weight excluding hydrogens is 458 g/mol. The van der Waals surface area contributed by atoms with E-state index in [-0.39, 0.29) is 27.1 Å². The monoisotopic (exact) mass is 471 g/mol. The second kappa shape index (κ2) is 7.72. The van der Waals surface area contributed by atoms with Crippen molar-refractivity contribution >= 4 is 27.2 Å². The third kappa shape index (κ3) is 3.79. The maximum atomic E-state index is 13.0. The Kier molecular flexibility index (Phi) is 5.14. The molecule has 0 aromatic heterocycles. The Morgan fingerprint density at radius 2 is 1.39 bits per heavy atom. The van der Waals surface area contributed by atoms with Gasteiger partial charge in [0.1, 0.15) is 6.10 Å². The quantitative estimate of drug-likeness (QED) is 0.290. The minimum Gasteiger partial charge on any atom is -0.258 e. The van der Waals surface area contributed by atoms with Crippen LogP contribution >= 0.6 is 0 Å². The predicted octanol–water partition coefficient (Wildman–Crippen LogP) is 4.19. The second-order valence-electron chi connectivity index (χ2n) is 7.22. The van der Waals surface area contributed by atoms with Crippen LogP contribution in [0.15, 0.2) is 59.5 Å². The fraction of sp³-hybridized carbons (Fsp3) is 0.100. The molecule has 0 bridgehead atoms. The molecular formula is C20H13N3O9S. The Balaban J connectivity index is 1.97. The van der Waals surface area contributed by atoms with Crippen LogP contribution in [0.25, 0.3) is 11.1 Å². The van der Waals surface area contributed by atoms with E-state index in [2.05, 4.69) is 0 Å². The molecule has 33 heavy (non-hydrogen) atoms. The second-order valence-corrected chi connectivity index (χ2v) is 8.79. The smallest absolute Gasteiger partial charge is 0.258 e. The highest BCUT2D eigenvalue weighted by molar-refractivity contribution is 7.86. The number of non-ortho nitro benzene ring substituents is 2. The lowest BCUT2D eigenvalue weighted by molar-refractivity contribution is -0.393. The fourth-order valence-electron chi connectivity index (χ4n) is 3.65. The molecule has 13 heteroatoms. The van der Waals surface area contributed by atoms with Gasteiger partial charge in [-0.05, 0) is 30.7 Å². The van der Waals surface area contributed by atoms with E-state index in [1.807, 2.05) is 0 Å². The number of hydrogen-bond acceptors (Lipinski definition) is 9. The van der Waals surface area contributed by atoms with Crippen LogP contribution in [0.3, 0.4) is 0 Å². The summed E-state index contributed by atoms with van der Waals surface area (Å²) in [5.74, 6) is 0. The average molecular weight is 471 g/mol. The van der Waals surface area contributed by atoms with Crippen molar-refractivity contribution < 1.29 is 27.4 Å². The van der Waals surface area contributed by atoms with E-state index < -0.39 is 48.1 Å². The van der Waals surface area contributed by atoms with E-state index in [1.165, 1.54) is 30.3 Å². The van der Waals surface area contributed by atoms with Gasteiger partial charge in [-0.25, -0.2) is 0 Å². The highest BCUT2D eigenvalue weighted by atomic mass is 32.2. The van der Waals surface area contributed by atoms with Gasteiger partial charge < -0.3 is 0 Å². The van der Waals surface area contributed by atoms with Crippen molar-refractivity contribution in [1.29, 1.82) is 0 Å². The molecule has 1 aliphatic carbocycles. The van der Waals surface area contributed by atoms with Gasteiger partial charge in [0.15, 0.2) is 0 Å².